The van der Waals surface area contributed by atoms with E-state index in [4.69, 9.17) is 11.6 Å². The van der Waals surface area contributed by atoms with Gasteiger partial charge in [-0.15, -0.1) is 0 Å². The molecule has 2 heterocycles. The molecule has 1 aromatic carbocycles. The van der Waals surface area contributed by atoms with E-state index in [1.54, 1.807) is 6.20 Å². The molecule has 0 unspecified atom stereocenters. The van der Waals surface area contributed by atoms with Crippen molar-refractivity contribution in [1.29, 1.82) is 0 Å². The van der Waals surface area contributed by atoms with Crippen molar-refractivity contribution in [3.8, 4) is 0 Å². The highest BCUT2D eigenvalue weighted by Crippen LogP contribution is 2.30. The number of nitrogens with zero attached hydrogens (tertiary/aromatic N) is 4. The average molecular weight is 368 g/mol. The number of halogens is 1. The van der Waals surface area contributed by atoms with Crippen molar-refractivity contribution in [1.82, 2.24) is 25.1 Å². The lowest BCUT2D eigenvalue weighted by Gasteiger charge is -2.24. The van der Waals surface area contributed by atoms with E-state index in [0.717, 1.165) is 35.4 Å². The second kappa shape index (κ2) is 7.25. The molecule has 0 bridgehead atoms. The molecule has 3 aromatic rings. The van der Waals surface area contributed by atoms with E-state index in [1.807, 2.05) is 35.1 Å². The molecule has 1 atom stereocenters. The summed E-state index contributed by atoms with van der Waals surface area (Å²) in [4.78, 5) is 20.4. The molecule has 26 heavy (non-hydrogen) atoms. The van der Waals surface area contributed by atoms with Gasteiger partial charge in [-0.3, -0.25) is 14.5 Å². The minimum Gasteiger partial charge on any atom is -0.344 e. The smallest absolute Gasteiger partial charge is 0.271 e. The Morgan fingerprint density at radius 2 is 2.23 bits per heavy atom. The maximum atomic E-state index is 12.4. The lowest BCUT2D eigenvalue weighted by Crippen LogP contribution is -2.31. The number of benzene rings is 1. The summed E-state index contributed by atoms with van der Waals surface area (Å²) in [5, 5.41) is 8.33. The zero-order chi connectivity index (χ0) is 17.9. The first-order chi connectivity index (χ1) is 12.7. The van der Waals surface area contributed by atoms with Crippen LogP contribution in [0.2, 0.25) is 5.02 Å². The van der Waals surface area contributed by atoms with Crippen LogP contribution in [0.4, 0.5) is 0 Å². The van der Waals surface area contributed by atoms with Crippen molar-refractivity contribution < 1.29 is 4.79 Å². The SMILES string of the molecule is O=C(N[C@H]1CCCc2c1cnn2Cc1cccc(Cl)c1)c1cnccn1. The van der Waals surface area contributed by atoms with Gasteiger partial charge in [0, 0.05) is 28.7 Å². The Kier molecular flexibility index (Phi) is 4.67. The van der Waals surface area contributed by atoms with Gasteiger partial charge in [0.05, 0.1) is 25.0 Å². The summed E-state index contributed by atoms with van der Waals surface area (Å²) >= 11 is 6.08. The van der Waals surface area contributed by atoms with Crippen molar-refractivity contribution in [2.45, 2.75) is 31.8 Å². The Balaban J connectivity index is 1.54. The minimum atomic E-state index is -0.210. The zero-order valence-corrected chi connectivity index (χ0v) is 14.9. The van der Waals surface area contributed by atoms with Gasteiger partial charge in [-0.05, 0) is 37.0 Å². The van der Waals surface area contributed by atoms with Crippen molar-refractivity contribution >= 4 is 17.5 Å². The van der Waals surface area contributed by atoms with Crippen LogP contribution in [-0.4, -0.2) is 25.7 Å². The van der Waals surface area contributed by atoms with Gasteiger partial charge < -0.3 is 5.32 Å². The molecule has 132 valence electrons. The Hall–Kier alpha value is -2.73. The van der Waals surface area contributed by atoms with Crippen LogP contribution in [0, 0.1) is 0 Å². The second-order valence-corrected chi connectivity index (χ2v) is 6.78. The number of hydrogen-bond donors (Lipinski definition) is 1. The van der Waals surface area contributed by atoms with E-state index in [0.29, 0.717) is 12.2 Å². The minimum absolute atomic E-state index is 0.0543. The molecule has 4 rings (SSSR count). The summed E-state index contributed by atoms with van der Waals surface area (Å²) in [5.41, 5.74) is 3.68. The molecular weight excluding hydrogens is 350 g/mol. The van der Waals surface area contributed by atoms with E-state index < -0.39 is 0 Å². The lowest BCUT2D eigenvalue weighted by molar-refractivity contribution is 0.0927. The monoisotopic (exact) mass is 367 g/mol. The maximum absolute atomic E-state index is 12.4. The van der Waals surface area contributed by atoms with E-state index in [9.17, 15) is 4.79 Å². The fourth-order valence-corrected chi connectivity index (χ4v) is 3.57. The Morgan fingerprint density at radius 3 is 3.04 bits per heavy atom. The number of amides is 1. The molecule has 1 amide bonds. The van der Waals surface area contributed by atoms with Gasteiger partial charge >= 0.3 is 0 Å². The number of carbonyl (C=O) groups excluding carboxylic acids is 1. The molecule has 0 aliphatic heterocycles. The van der Waals surface area contributed by atoms with Gasteiger partial charge in [-0.1, -0.05) is 23.7 Å². The molecule has 0 spiro atoms. The van der Waals surface area contributed by atoms with Crippen LogP contribution < -0.4 is 5.32 Å². The Morgan fingerprint density at radius 1 is 1.31 bits per heavy atom. The number of fused-ring (bicyclic) bond motifs is 1. The van der Waals surface area contributed by atoms with Crippen LogP contribution in [0.3, 0.4) is 0 Å². The van der Waals surface area contributed by atoms with Crippen molar-refractivity contribution in [3.05, 3.63) is 76.6 Å². The Bertz CT molecular complexity index is 925. The first-order valence-electron chi connectivity index (χ1n) is 8.56. The van der Waals surface area contributed by atoms with E-state index in [2.05, 4.69) is 20.4 Å². The van der Waals surface area contributed by atoms with Crippen LogP contribution in [0.1, 0.15) is 46.2 Å². The normalized spacial score (nSPS) is 16.1. The fraction of sp³-hybridized carbons (Fsp3) is 0.263. The molecule has 2 aromatic heterocycles. The summed E-state index contributed by atoms with van der Waals surface area (Å²) in [6.45, 7) is 0.667. The van der Waals surface area contributed by atoms with Crippen molar-refractivity contribution in [2.24, 2.45) is 0 Å². The number of carbonyl (C=O) groups is 1. The second-order valence-electron chi connectivity index (χ2n) is 6.34. The number of rotatable bonds is 4. The first-order valence-corrected chi connectivity index (χ1v) is 8.94. The highest BCUT2D eigenvalue weighted by atomic mass is 35.5. The average Bonchev–Trinajstić information content (AvgIpc) is 3.06. The lowest BCUT2D eigenvalue weighted by atomic mass is 9.92. The predicted octanol–water partition coefficient (Wildman–Crippen LogP) is 3.18. The van der Waals surface area contributed by atoms with Crippen molar-refractivity contribution in [2.75, 3.05) is 0 Å². The molecule has 0 saturated carbocycles. The topological polar surface area (TPSA) is 72.7 Å². The van der Waals surface area contributed by atoms with Gasteiger partial charge in [0.1, 0.15) is 5.69 Å². The quantitative estimate of drug-likeness (QED) is 0.768. The summed E-state index contributed by atoms with van der Waals surface area (Å²) in [6.07, 6.45) is 9.25. The molecule has 7 heteroatoms. The molecule has 6 nitrogen and oxygen atoms in total. The van der Waals surface area contributed by atoms with Crippen LogP contribution in [0.5, 0.6) is 0 Å². The van der Waals surface area contributed by atoms with Gasteiger partial charge in [0.2, 0.25) is 0 Å². The van der Waals surface area contributed by atoms with Gasteiger partial charge in [-0.2, -0.15) is 5.10 Å². The van der Waals surface area contributed by atoms with Crippen LogP contribution in [0.25, 0.3) is 0 Å². The third-order valence-corrected chi connectivity index (χ3v) is 4.82. The van der Waals surface area contributed by atoms with E-state index >= 15 is 0 Å². The number of nitrogens with one attached hydrogen (secondary N) is 1. The van der Waals surface area contributed by atoms with Crippen LogP contribution in [-0.2, 0) is 13.0 Å². The third kappa shape index (κ3) is 3.46. The third-order valence-electron chi connectivity index (χ3n) is 4.59. The zero-order valence-electron chi connectivity index (χ0n) is 14.1. The standard InChI is InChI=1S/C19H18ClN5O/c20-14-4-1-3-13(9-14)12-25-18-6-2-5-16(15(18)10-23-25)24-19(26)17-11-21-7-8-22-17/h1,3-4,7-11,16H,2,5-6,12H2,(H,24,26)/t16-/m0/s1. The molecule has 1 aliphatic rings. The van der Waals surface area contributed by atoms with Crippen LogP contribution >= 0.6 is 11.6 Å². The first kappa shape index (κ1) is 16.7. The van der Waals surface area contributed by atoms with E-state index in [1.165, 1.54) is 18.1 Å². The summed E-state index contributed by atoms with van der Waals surface area (Å²) in [6, 6.07) is 7.74. The van der Waals surface area contributed by atoms with Gasteiger partial charge in [0.15, 0.2) is 0 Å². The summed E-state index contributed by atoms with van der Waals surface area (Å²) < 4.78 is 2.00. The summed E-state index contributed by atoms with van der Waals surface area (Å²) in [5.74, 6) is -0.210. The molecular formula is C19H18ClN5O. The van der Waals surface area contributed by atoms with E-state index in [-0.39, 0.29) is 11.9 Å². The van der Waals surface area contributed by atoms with Crippen LogP contribution in [0.15, 0.2) is 49.1 Å². The number of aromatic nitrogens is 4. The maximum Gasteiger partial charge on any atom is 0.271 e. The highest BCUT2D eigenvalue weighted by Gasteiger charge is 2.26. The molecule has 0 saturated heterocycles. The highest BCUT2D eigenvalue weighted by molar-refractivity contribution is 6.30. The van der Waals surface area contributed by atoms with Gasteiger partial charge in [0.25, 0.3) is 5.91 Å². The molecule has 0 fully saturated rings. The van der Waals surface area contributed by atoms with Gasteiger partial charge in [-0.25, -0.2) is 4.98 Å². The largest absolute Gasteiger partial charge is 0.344 e. The van der Waals surface area contributed by atoms with Crippen molar-refractivity contribution in [3.63, 3.8) is 0 Å². The molecule has 1 aliphatic carbocycles. The summed E-state index contributed by atoms with van der Waals surface area (Å²) in [7, 11) is 0. The molecule has 1 N–H and O–H groups in total. The fourth-order valence-electron chi connectivity index (χ4n) is 3.36. The predicted molar refractivity (Wildman–Crippen MR) is 98.0 cm³/mol. The Labute approximate surface area is 156 Å². The molecule has 0 radical (unpaired) electrons. The number of hydrogen-bond acceptors (Lipinski definition) is 4.